The van der Waals surface area contributed by atoms with Crippen molar-refractivity contribution in [1.82, 2.24) is 0 Å². The number of aliphatic hydroxyl groups is 1. The van der Waals surface area contributed by atoms with Crippen molar-refractivity contribution < 1.29 is 80.2 Å². The third-order valence-corrected chi connectivity index (χ3v) is 20.9. The van der Waals surface area contributed by atoms with Gasteiger partial charge < -0.3 is 33.8 Å². The first-order chi connectivity index (χ1) is 47.2. The van der Waals surface area contributed by atoms with E-state index in [9.17, 15) is 43.2 Å². The number of aliphatic hydroxyl groups excluding tert-OH is 1. The fourth-order valence-electron chi connectivity index (χ4n) is 12.0. The Morgan fingerprint density at radius 3 is 0.724 bits per heavy atom. The van der Waals surface area contributed by atoms with Gasteiger partial charge in [-0.3, -0.25) is 37.3 Å². The molecule has 19 heteroatoms. The molecule has 0 aromatic carbocycles. The summed E-state index contributed by atoms with van der Waals surface area (Å²) in [6, 6.07) is 0. The predicted octanol–water partition coefficient (Wildman–Crippen LogP) is 23.2. The highest BCUT2D eigenvalue weighted by atomic mass is 31.2. The zero-order valence-corrected chi connectivity index (χ0v) is 66.2. The van der Waals surface area contributed by atoms with Crippen molar-refractivity contribution in [2.75, 3.05) is 39.6 Å². The maximum absolute atomic E-state index is 13.1. The van der Waals surface area contributed by atoms with Gasteiger partial charge in [0.2, 0.25) is 0 Å². The van der Waals surface area contributed by atoms with E-state index < -0.39 is 97.5 Å². The topological polar surface area (TPSA) is 237 Å². The largest absolute Gasteiger partial charge is 0.472 e. The van der Waals surface area contributed by atoms with Crippen molar-refractivity contribution in [1.29, 1.82) is 0 Å². The molecule has 0 saturated heterocycles. The Labute approximate surface area is 600 Å². The first-order valence-corrected chi connectivity index (χ1v) is 43.8. The smallest absolute Gasteiger partial charge is 0.462 e. The summed E-state index contributed by atoms with van der Waals surface area (Å²) in [4.78, 5) is 72.9. The van der Waals surface area contributed by atoms with Gasteiger partial charge in [-0.05, 0) is 49.4 Å². The van der Waals surface area contributed by atoms with Crippen molar-refractivity contribution >= 4 is 39.5 Å². The van der Waals surface area contributed by atoms with E-state index in [1.807, 2.05) is 0 Å². The van der Waals surface area contributed by atoms with Crippen LogP contribution in [0.3, 0.4) is 0 Å². The average Bonchev–Trinajstić information content (AvgIpc) is 0.939. The van der Waals surface area contributed by atoms with Crippen LogP contribution in [0, 0.1) is 23.7 Å². The van der Waals surface area contributed by atoms with Gasteiger partial charge in [0.1, 0.15) is 19.3 Å². The van der Waals surface area contributed by atoms with Crippen LogP contribution in [-0.4, -0.2) is 96.7 Å². The lowest BCUT2D eigenvalue weighted by atomic mass is 9.99. The minimum absolute atomic E-state index is 0.106. The second kappa shape index (κ2) is 68.2. The van der Waals surface area contributed by atoms with Gasteiger partial charge in [0, 0.05) is 25.7 Å². The Morgan fingerprint density at radius 2 is 0.490 bits per heavy atom. The summed E-state index contributed by atoms with van der Waals surface area (Å²) in [7, 11) is -9.92. The van der Waals surface area contributed by atoms with Gasteiger partial charge in [-0.2, -0.15) is 0 Å². The number of hydrogen-bond donors (Lipinski definition) is 3. The van der Waals surface area contributed by atoms with Crippen LogP contribution in [0.2, 0.25) is 0 Å². The molecule has 3 N–H and O–H groups in total. The summed E-state index contributed by atoms with van der Waals surface area (Å²) in [5, 5.41) is 10.6. The third kappa shape index (κ3) is 69.8. The standard InChI is InChI=1S/C79H154O17P2/c1-9-71(7)57-49-41-33-27-22-24-30-36-46-54-62-79(84)95-74(65-89-76(81)59-51-43-34-28-23-21-26-32-40-48-56-70(5)6)67-93-97(85,86)91-63-73(80)64-92-98(87,88)94-68-75(66-90-77(82)60-52-44-38-37-42-50-58-72(8)10-2)96-78(83)61-53-45-35-29-20-18-16-14-12-11-13-15-17-19-25-31-39-47-55-69(3)4/h69-75,80H,9-68H2,1-8H3,(H,85,86)(H,87,88)/t71?,72?,73-,74-,75-/m1/s1. The first kappa shape index (κ1) is 96.1. The molecule has 0 radical (unpaired) electrons. The average molecular weight is 1440 g/mol. The number of carbonyl (C=O) groups excluding carboxylic acids is 4. The molecule has 0 heterocycles. The van der Waals surface area contributed by atoms with Gasteiger partial charge >= 0.3 is 39.5 Å². The molecular weight excluding hydrogens is 1280 g/mol. The van der Waals surface area contributed by atoms with Gasteiger partial charge in [0.15, 0.2) is 12.2 Å². The Morgan fingerprint density at radius 1 is 0.286 bits per heavy atom. The minimum atomic E-state index is -4.96. The minimum Gasteiger partial charge on any atom is -0.462 e. The van der Waals surface area contributed by atoms with Gasteiger partial charge in [0.25, 0.3) is 0 Å². The van der Waals surface area contributed by atoms with E-state index in [0.29, 0.717) is 25.7 Å². The molecule has 0 aliphatic heterocycles. The summed E-state index contributed by atoms with van der Waals surface area (Å²) >= 11 is 0. The summed E-state index contributed by atoms with van der Waals surface area (Å²) in [6.07, 6.45) is 54.1. The van der Waals surface area contributed by atoms with Crippen LogP contribution in [0.15, 0.2) is 0 Å². The second-order valence-electron chi connectivity index (χ2n) is 29.9. The molecule has 0 spiro atoms. The monoisotopic (exact) mass is 1440 g/mol. The normalized spacial score (nSPS) is 14.6. The molecule has 7 atom stereocenters. The van der Waals surface area contributed by atoms with E-state index in [1.165, 1.54) is 199 Å². The van der Waals surface area contributed by atoms with Gasteiger partial charge in [-0.1, -0.05) is 351 Å². The van der Waals surface area contributed by atoms with Crippen molar-refractivity contribution in [3.63, 3.8) is 0 Å². The van der Waals surface area contributed by atoms with E-state index in [4.69, 9.17) is 37.0 Å². The molecule has 0 fully saturated rings. The molecule has 0 rings (SSSR count). The Balaban J connectivity index is 5.21. The summed E-state index contributed by atoms with van der Waals surface area (Å²) in [5.41, 5.74) is 0. The maximum atomic E-state index is 13.1. The quantitative estimate of drug-likeness (QED) is 0.0222. The molecule has 0 bridgehead atoms. The number of phosphoric acid groups is 2. The van der Waals surface area contributed by atoms with E-state index in [0.717, 1.165) is 120 Å². The fourth-order valence-corrected chi connectivity index (χ4v) is 13.6. The lowest BCUT2D eigenvalue weighted by Crippen LogP contribution is -2.30. The highest BCUT2D eigenvalue weighted by molar-refractivity contribution is 7.47. The van der Waals surface area contributed by atoms with Crippen molar-refractivity contribution in [3.05, 3.63) is 0 Å². The van der Waals surface area contributed by atoms with Crippen LogP contribution in [0.25, 0.3) is 0 Å². The Hall–Kier alpha value is -1.94. The van der Waals surface area contributed by atoms with E-state index in [1.54, 1.807) is 0 Å². The fraction of sp³-hybridized carbons (Fsp3) is 0.949. The SMILES string of the molecule is CCC(C)CCCCCCCCCCCCC(=O)O[C@H](COC(=O)CCCCCCCCCCCCC(C)C)COP(=O)(O)OC[C@@H](O)COP(=O)(O)OC[C@@H](COC(=O)CCCCCCCCC(C)CC)OC(=O)CCCCCCCCCCCCCCCCCCCCC(C)C. The highest BCUT2D eigenvalue weighted by Crippen LogP contribution is 2.45. The molecule has 0 saturated carbocycles. The van der Waals surface area contributed by atoms with Gasteiger partial charge in [-0.25, -0.2) is 9.13 Å². The summed E-state index contributed by atoms with van der Waals surface area (Å²) in [5.74, 6) is 0.994. The lowest BCUT2D eigenvalue weighted by Gasteiger charge is -2.21. The molecule has 0 aromatic heterocycles. The predicted molar refractivity (Wildman–Crippen MR) is 400 cm³/mol. The zero-order chi connectivity index (χ0) is 72.4. The second-order valence-corrected chi connectivity index (χ2v) is 32.8. The lowest BCUT2D eigenvalue weighted by molar-refractivity contribution is -0.161. The van der Waals surface area contributed by atoms with Crippen LogP contribution >= 0.6 is 15.6 Å². The van der Waals surface area contributed by atoms with E-state index in [2.05, 4.69) is 55.4 Å². The van der Waals surface area contributed by atoms with Gasteiger partial charge in [0.05, 0.1) is 26.4 Å². The van der Waals surface area contributed by atoms with Crippen LogP contribution in [-0.2, 0) is 65.4 Å². The summed E-state index contributed by atoms with van der Waals surface area (Å²) < 4.78 is 68.6. The molecule has 582 valence electrons. The molecule has 0 aromatic rings. The van der Waals surface area contributed by atoms with Crippen LogP contribution in [0.5, 0.6) is 0 Å². The van der Waals surface area contributed by atoms with E-state index in [-0.39, 0.29) is 25.7 Å². The number of rotatable bonds is 76. The number of ether oxygens (including phenoxy) is 4. The molecule has 4 unspecified atom stereocenters. The molecular formula is C79H154O17P2. The number of esters is 4. The number of unbranched alkanes of at least 4 members (excludes halogenated alkanes) is 40. The van der Waals surface area contributed by atoms with E-state index >= 15 is 0 Å². The number of carbonyl (C=O) groups is 4. The Bertz CT molecular complexity index is 1920. The van der Waals surface area contributed by atoms with Crippen molar-refractivity contribution in [3.8, 4) is 0 Å². The number of phosphoric ester groups is 2. The molecule has 0 amide bonds. The van der Waals surface area contributed by atoms with Crippen LogP contribution < -0.4 is 0 Å². The summed E-state index contributed by atoms with van der Waals surface area (Å²) in [6.45, 7) is 14.2. The molecule has 0 aliphatic rings. The van der Waals surface area contributed by atoms with Crippen LogP contribution in [0.4, 0.5) is 0 Å². The van der Waals surface area contributed by atoms with Crippen molar-refractivity contribution in [2.45, 2.75) is 420 Å². The highest BCUT2D eigenvalue weighted by Gasteiger charge is 2.30. The third-order valence-electron chi connectivity index (χ3n) is 19.0. The zero-order valence-electron chi connectivity index (χ0n) is 64.4. The maximum Gasteiger partial charge on any atom is 0.472 e. The Kier molecular flexibility index (Phi) is 66.8. The first-order valence-electron chi connectivity index (χ1n) is 40.8. The van der Waals surface area contributed by atoms with Crippen LogP contribution in [0.1, 0.15) is 402 Å². The number of hydrogen-bond acceptors (Lipinski definition) is 15. The van der Waals surface area contributed by atoms with Crippen molar-refractivity contribution in [2.24, 2.45) is 23.7 Å². The molecule has 98 heavy (non-hydrogen) atoms. The molecule has 17 nitrogen and oxygen atoms in total. The van der Waals surface area contributed by atoms with Gasteiger partial charge in [-0.15, -0.1) is 0 Å². The molecule has 0 aliphatic carbocycles.